The Hall–Kier alpha value is -3.61. The Labute approximate surface area is 189 Å². The lowest BCUT2D eigenvalue weighted by atomic mass is 10.1. The minimum Gasteiger partial charge on any atom is -0.467 e. The molecular weight excluding hydrogens is 402 g/mol. The van der Waals surface area contributed by atoms with Gasteiger partial charge >= 0.3 is 0 Å². The van der Waals surface area contributed by atoms with Crippen molar-refractivity contribution in [3.05, 3.63) is 77.5 Å². The van der Waals surface area contributed by atoms with Crippen molar-refractivity contribution in [2.24, 2.45) is 0 Å². The molecule has 1 saturated heterocycles. The zero-order valence-electron chi connectivity index (χ0n) is 18.6. The first kappa shape index (κ1) is 21.6. The number of hydrogen-bond donors (Lipinski definition) is 1. The topological polar surface area (TPSA) is 70.6 Å². The second-order valence-corrected chi connectivity index (χ2v) is 8.01. The van der Waals surface area contributed by atoms with Gasteiger partial charge in [-0.2, -0.15) is 4.98 Å². The minimum atomic E-state index is -0.181. The van der Waals surface area contributed by atoms with Crippen molar-refractivity contribution in [1.82, 2.24) is 15.3 Å². The van der Waals surface area contributed by atoms with Crippen molar-refractivity contribution in [3.63, 3.8) is 0 Å². The summed E-state index contributed by atoms with van der Waals surface area (Å²) in [5.41, 5.74) is 4.30. The molecule has 1 fully saturated rings. The number of aromatic nitrogens is 2. The molecule has 1 aromatic heterocycles. The van der Waals surface area contributed by atoms with Gasteiger partial charge in [-0.1, -0.05) is 48.0 Å². The number of carbonyl (C=O) groups excluding carboxylic acids is 1. The van der Waals surface area contributed by atoms with Crippen molar-refractivity contribution in [2.75, 3.05) is 42.6 Å². The quantitative estimate of drug-likeness (QED) is 0.620. The Morgan fingerprint density at radius 1 is 0.938 bits per heavy atom. The molecule has 166 valence electrons. The van der Waals surface area contributed by atoms with E-state index in [1.165, 1.54) is 11.3 Å². The molecule has 3 aromatic rings. The summed E-state index contributed by atoms with van der Waals surface area (Å²) in [6.07, 6.45) is 0. The number of nitrogens with zero attached hydrogens (tertiary/aromatic N) is 4. The summed E-state index contributed by atoms with van der Waals surface area (Å²) >= 11 is 0. The molecule has 1 aliphatic rings. The van der Waals surface area contributed by atoms with Crippen molar-refractivity contribution in [3.8, 4) is 5.88 Å². The van der Waals surface area contributed by atoms with E-state index >= 15 is 0 Å². The number of para-hydroxylation sites is 1. The Morgan fingerprint density at radius 3 is 2.34 bits per heavy atom. The Bertz CT molecular complexity index is 1030. The summed E-state index contributed by atoms with van der Waals surface area (Å²) in [4.78, 5) is 25.9. The molecule has 7 nitrogen and oxygen atoms in total. The van der Waals surface area contributed by atoms with Crippen LogP contribution in [0.1, 0.15) is 16.8 Å². The van der Waals surface area contributed by atoms with E-state index in [-0.39, 0.29) is 12.5 Å². The Kier molecular flexibility index (Phi) is 6.84. The molecular formula is C25H29N5O2. The highest BCUT2D eigenvalue weighted by molar-refractivity contribution is 5.77. The third kappa shape index (κ3) is 5.75. The molecule has 0 aliphatic carbocycles. The fourth-order valence-electron chi connectivity index (χ4n) is 3.64. The van der Waals surface area contributed by atoms with Crippen LogP contribution >= 0.6 is 0 Å². The first-order chi connectivity index (χ1) is 15.6. The molecule has 0 bridgehead atoms. The van der Waals surface area contributed by atoms with Gasteiger partial charge in [-0.3, -0.25) is 4.79 Å². The van der Waals surface area contributed by atoms with Crippen molar-refractivity contribution >= 4 is 17.5 Å². The Balaban J connectivity index is 1.30. The second-order valence-electron chi connectivity index (χ2n) is 8.01. The molecule has 0 saturated carbocycles. The van der Waals surface area contributed by atoms with Crippen molar-refractivity contribution in [2.45, 2.75) is 20.4 Å². The average molecular weight is 432 g/mol. The van der Waals surface area contributed by atoms with E-state index in [4.69, 9.17) is 4.74 Å². The lowest BCUT2D eigenvalue weighted by Crippen LogP contribution is -2.47. The maximum Gasteiger partial charge on any atom is 0.258 e. The van der Waals surface area contributed by atoms with Crippen LogP contribution in [0.25, 0.3) is 0 Å². The van der Waals surface area contributed by atoms with Crippen LogP contribution in [0.5, 0.6) is 5.88 Å². The number of aryl methyl sites for hydroxylation is 2. The van der Waals surface area contributed by atoms with E-state index in [1.807, 2.05) is 44.2 Å². The molecule has 2 heterocycles. The van der Waals surface area contributed by atoms with Gasteiger partial charge in [-0.05, 0) is 31.5 Å². The van der Waals surface area contributed by atoms with Gasteiger partial charge in [0.15, 0.2) is 6.61 Å². The molecule has 0 spiro atoms. The molecule has 1 amide bonds. The first-order valence-corrected chi connectivity index (χ1v) is 10.9. The van der Waals surface area contributed by atoms with Crippen LogP contribution < -0.4 is 19.9 Å². The van der Waals surface area contributed by atoms with Gasteiger partial charge in [0, 0.05) is 50.2 Å². The smallest absolute Gasteiger partial charge is 0.258 e. The molecule has 4 rings (SSSR count). The number of benzene rings is 2. The largest absolute Gasteiger partial charge is 0.467 e. The van der Waals surface area contributed by atoms with Gasteiger partial charge < -0.3 is 19.9 Å². The molecule has 0 unspecified atom stereocenters. The SMILES string of the molecule is Cc1ccc(CNC(=O)COc2cc(C)nc(N3CCN(c4ccccc4)CC3)n2)cc1. The zero-order valence-corrected chi connectivity index (χ0v) is 18.6. The number of ether oxygens (including phenoxy) is 1. The van der Waals surface area contributed by atoms with Gasteiger partial charge in [0.05, 0.1) is 0 Å². The molecule has 2 aromatic carbocycles. The number of rotatable bonds is 7. The van der Waals surface area contributed by atoms with E-state index in [0.29, 0.717) is 18.4 Å². The predicted molar refractivity (Wildman–Crippen MR) is 126 cm³/mol. The first-order valence-electron chi connectivity index (χ1n) is 10.9. The zero-order chi connectivity index (χ0) is 22.3. The van der Waals surface area contributed by atoms with E-state index in [1.54, 1.807) is 6.07 Å². The van der Waals surface area contributed by atoms with Crippen LogP contribution in [0.15, 0.2) is 60.7 Å². The third-order valence-electron chi connectivity index (χ3n) is 5.46. The number of hydrogen-bond acceptors (Lipinski definition) is 6. The van der Waals surface area contributed by atoms with Gasteiger partial charge in [-0.15, -0.1) is 0 Å². The van der Waals surface area contributed by atoms with Gasteiger partial charge in [0.1, 0.15) is 0 Å². The summed E-state index contributed by atoms with van der Waals surface area (Å²) in [6, 6.07) is 20.3. The van der Waals surface area contributed by atoms with Crippen LogP contribution in [0.3, 0.4) is 0 Å². The summed E-state index contributed by atoms with van der Waals surface area (Å²) in [7, 11) is 0. The maximum atomic E-state index is 12.2. The molecule has 0 radical (unpaired) electrons. The number of anilines is 2. The normalized spacial score (nSPS) is 13.7. The predicted octanol–water partition coefficient (Wildman–Crippen LogP) is 3.12. The van der Waals surface area contributed by atoms with E-state index in [2.05, 4.69) is 49.4 Å². The van der Waals surface area contributed by atoms with Crippen LogP contribution in [-0.4, -0.2) is 48.7 Å². The Morgan fingerprint density at radius 2 is 1.62 bits per heavy atom. The third-order valence-corrected chi connectivity index (χ3v) is 5.46. The lowest BCUT2D eigenvalue weighted by Gasteiger charge is -2.36. The maximum absolute atomic E-state index is 12.2. The lowest BCUT2D eigenvalue weighted by molar-refractivity contribution is -0.123. The fourth-order valence-corrected chi connectivity index (χ4v) is 3.64. The number of nitrogens with one attached hydrogen (secondary N) is 1. The minimum absolute atomic E-state index is 0.0798. The monoisotopic (exact) mass is 431 g/mol. The summed E-state index contributed by atoms with van der Waals surface area (Å²) in [5.74, 6) is 0.885. The van der Waals surface area contributed by atoms with Crippen LogP contribution in [0.2, 0.25) is 0 Å². The molecule has 0 atom stereocenters. The molecule has 32 heavy (non-hydrogen) atoms. The fraction of sp³-hybridized carbons (Fsp3) is 0.320. The number of carbonyl (C=O) groups is 1. The second kappa shape index (κ2) is 10.1. The summed E-state index contributed by atoms with van der Waals surface area (Å²) in [5, 5.41) is 2.88. The van der Waals surface area contributed by atoms with Crippen LogP contribution in [0.4, 0.5) is 11.6 Å². The molecule has 1 aliphatic heterocycles. The average Bonchev–Trinajstić information content (AvgIpc) is 2.83. The summed E-state index contributed by atoms with van der Waals surface area (Å²) < 4.78 is 5.68. The van der Waals surface area contributed by atoms with Crippen LogP contribution in [0, 0.1) is 13.8 Å². The van der Waals surface area contributed by atoms with E-state index in [9.17, 15) is 4.79 Å². The van der Waals surface area contributed by atoms with Gasteiger partial charge in [0.25, 0.3) is 5.91 Å². The van der Waals surface area contributed by atoms with E-state index in [0.717, 1.165) is 37.4 Å². The van der Waals surface area contributed by atoms with Crippen molar-refractivity contribution in [1.29, 1.82) is 0 Å². The number of amides is 1. The standard InChI is InChI=1S/C25H29N5O2/c1-19-8-10-21(11-9-19)17-26-23(31)18-32-24-16-20(2)27-25(28-24)30-14-12-29(13-15-30)22-6-4-3-5-7-22/h3-11,16H,12-15,17-18H2,1-2H3,(H,26,31). The highest BCUT2D eigenvalue weighted by atomic mass is 16.5. The molecule has 1 N–H and O–H groups in total. The highest BCUT2D eigenvalue weighted by Gasteiger charge is 2.20. The van der Waals surface area contributed by atoms with Crippen LogP contribution in [-0.2, 0) is 11.3 Å². The highest BCUT2D eigenvalue weighted by Crippen LogP contribution is 2.20. The summed E-state index contributed by atoms with van der Waals surface area (Å²) in [6.45, 7) is 7.81. The molecule has 7 heteroatoms. The van der Waals surface area contributed by atoms with Gasteiger partial charge in [0.2, 0.25) is 11.8 Å². The van der Waals surface area contributed by atoms with E-state index < -0.39 is 0 Å². The number of piperazine rings is 1. The van der Waals surface area contributed by atoms with Gasteiger partial charge in [-0.25, -0.2) is 4.98 Å². The van der Waals surface area contributed by atoms with Crippen molar-refractivity contribution < 1.29 is 9.53 Å².